The van der Waals surface area contributed by atoms with Crippen LogP contribution in [0.4, 0.5) is 5.82 Å². The Hall–Kier alpha value is -2.19. The van der Waals surface area contributed by atoms with Crippen LogP contribution >= 0.6 is 7.75 Å². The predicted molar refractivity (Wildman–Crippen MR) is 112 cm³/mol. The number of ether oxygens (including phenoxy) is 3. The normalized spacial score (nSPS) is 33.5. The summed E-state index contributed by atoms with van der Waals surface area (Å²) in [6.45, 7) is 5.67. The molecule has 0 aliphatic carbocycles. The quantitative estimate of drug-likeness (QED) is 0.392. The van der Waals surface area contributed by atoms with Crippen molar-refractivity contribution in [1.82, 2.24) is 24.6 Å². The van der Waals surface area contributed by atoms with Crippen molar-refractivity contribution in [3.05, 3.63) is 12.7 Å². The molecular weight excluding hydrogens is 459 g/mol. The van der Waals surface area contributed by atoms with Crippen LogP contribution in [0.3, 0.4) is 0 Å². The van der Waals surface area contributed by atoms with Gasteiger partial charge in [-0.2, -0.15) is 0 Å². The molecule has 2 saturated heterocycles. The summed E-state index contributed by atoms with van der Waals surface area (Å²) in [5.41, 5.74) is 5.01. The standard InChI is InChI=1S/C18H27N6O8P/c1-9(2)31-16(25)10(3)23-33(27)29-5-11-13(28-8-30-33)18(4,26)17(32-11)24-7-22-12-14(19)20-6-21-15(12)24/h6-7,9-11,13,17,26H,5,8H2,1-4H3,(H,23,27)(H2,19,20,21)/t10?,11-,13?,17-,18?,33?/m1/s1. The Morgan fingerprint density at radius 1 is 1.36 bits per heavy atom. The molecule has 4 heterocycles. The van der Waals surface area contributed by atoms with E-state index in [1.165, 1.54) is 31.1 Å². The number of nitrogens with zero attached hydrogens (tertiary/aromatic N) is 4. The van der Waals surface area contributed by atoms with Gasteiger partial charge in [-0.25, -0.2) is 24.6 Å². The molecule has 33 heavy (non-hydrogen) atoms. The number of carbonyl (C=O) groups is 1. The summed E-state index contributed by atoms with van der Waals surface area (Å²) in [4.78, 5) is 24.4. The Morgan fingerprint density at radius 3 is 2.85 bits per heavy atom. The van der Waals surface area contributed by atoms with E-state index in [1.807, 2.05) is 0 Å². The molecule has 0 bridgehead atoms. The Morgan fingerprint density at radius 2 is 2.12 bits per heavy atom. The molecular formula is C18H27N6O8P. The lowest BCUT2D eigenvalue weighted by molar-refractivity contribution is -0.150. The molecule has 2 aliphatic rings. The number of nitrogens with one attached hydrogen (secondary N) is 1. The number of hydrogen-bond donors (Lipinski definition) is 3. The van der Waals surface area contributed by atoms with Gasteiger partial charge in [-0.3, -0.25) is 18.4 Å². The maximum atomic E-state index is 13.1. The van der Waals surface area contributed by atoms with Crippen LogP contribution in [-0.4, -0.2) is 73.9 Å². The van der Waals surface area contributed by atoms with Gasteiger partial charge in [-0.05, 0) is 27.7 Å². The first kappa shape index (κ1) is 24.0. The first-order chi connectivity index (χ1) is 15.5. The van der Waals surface area contributed by atoms with E-state index >= 15 is 0 Å². The van der Waals surface area contributed by atoms with Crippen LogP contribution < -0.4 is 10.8 Å². The topological polar surface area (TPSA) is 182 Å². The average Bonchev–Trinajstić information content (AvgIpc) is 3.24. The van der Waals surface area contributed by atoms with Crippen molar-refractivity contribution >= 4 is 30.7 Å². The molecule has 15 heteroatoms. The maximum Gasteiger partial charge on any atom is 0.408 e. The van der Waals surface area contributed by atoms with E-state index in [9.17, 15) is 14.5 Å². The van der Waals surface area contributed by atoms with Crippen molar-refractivity contribution in [3.63, 3.8) is 0 Å². The molecule has 6 atom stereocenters. The lowest BCUT2D eigenvalue weighted by Crippen LogP contribution is -2.47. The zero-order valence-electron chi connectivity index (χ0n) is 18.6. The molecule has 0 spiro atoms. The van der Waals surface area contributed by atoms with Crippen molar-refractivity contribution < 1.29 is 37.7 Å². The van der Waals surface area contributed by atoms with Crippen LogP contribution in [0.1, 0.15) is 33.9 Å². The van der Waals surface area contributed by atoms with Crippen LogP contribution in [0.15, 0.2) is 12.7 Å². The summed E-state index contributed by atoms with van der Waals surface area (Å²) < 4.78 is 42.2. The van der Waals surface area contributed by atoms with E-state index in [0.29, 0.717) is 11.2 Å². The fourth-order valence-corrected chi connectivity index (χ4v) is 5.11. The van der Waals surface area contributed by atoms with E-state index in [1.54, 1.807) is 13.8 Å². The summed E-state index contributed by atoms with van der Waals surface area (Å²) in [6.07, 6.45) is -0.309. The highest BCUT2D eigenvalue weighted by Gasteiger charge is 2.56. The highest BCUT2D eigenvalue weighted by Crippen LogP contribution is 2.49. The molecule has 4 N–H and O–H groups in total. The zero-order valence-corrected chi connectivity index (χ0v) is 19.5. The SMILES string of the molecule is CC(C)OC(=O)C(C)NP1(=O)OCOC2[C@@H](CO1)O[C@@H](n1cnc3c(N)ncnc31)C2(C)O. The van der Waals surface area contributed by atoms with Gasteiger partial charge in [0.05, 0.1) is 19.0 Å². The Kier molecular flexibility index (Phi) is 6.44. The van der Waals surface area contributed by atoms with Crippen LogP contribution in [0.2, 0.25) is 0 Å². The molecule has 2 fully saturated rings. The Labute approximate surface area is 189 Å². The van der Waals surface area contributed by atoms with Crippen LogP contribution in [0, 0.1) is 0 Å². The first-order valence-electron chi connectivity index (χ1n) is 10.3. The minimum absolute atomic E-state index is 0.188. The van der Waals surface area contributed by atoms with Gasteiger partial charge < -0.3 is 25.1 Å². The third kappa shape index (κ3) is 4.60. The smallest absolute Gasteiger partial charge is 0.408 e. The third-order valence-electron chi connectivity index (χ3n) is 5.29. The number of aromatic nitrogens is 4. The number of fused-ring (bicyclic) bond motifs is 2. The highest BCUT2D eigenvalue weighted by molar-refractivity contribution is 7.51. The largest absolute Gasteiger partial charge is 0.462 e. The minimum atomic E-state index is -3.95. The number of aliphatic hydroxyl groups is 1. The number of carbonyl (C=O) groups excluding carboxylic acids is 1. The molecule has 0 amide bonds. The van der Waals surface area contributed by atoms with Gasteiger partial charge in [-0.15, -0.1) is 0 Å². The van der Waals surface area contributed by atoms with Gasteiger partial charge in [0.15, 0.2) is 24.5 Å². The molecule has 2 aliphatic heterocycles. The van der Waals surface area contributed by atoms with Gasteiger partial charge in [0.1, 0.15) is 35.7 Å². The highest BCUT2D eigenvalue weighted by atomic mass is 31.2. The third-order valence-corrected chi connectivity index (χ3v) is 6.93. The second kappa shape index (κ2) is 8.87. The van der Waals surface area contributed by atoms with Crippen molar-refractivity contribution in [2.45, 2.75) is 63.9 Å². The van der Waals surface area contributed by atoms with Gasteiger partial charge in [0.2, 0.25) is 0 Å². The van der Waals surface area contributed by atoms with Crippen LogP contribution in [0.5, 0.6) is 0 Å². The van der Waals surface area contributed by atoms with Gasteiger partial charge in [0, 0.05) is 0 Å². The molecule has 4 unspecified atom stereocenters. The molecule has 14 nitrogen and oxygen atoms in total. The number of hydrogen-bond acceptors (Lipinski definition) is 12. The number of nitrogens with two attached hydrogens (primary N) is 1. The van der Waals surface area contributed by atoms with Crippen molar-refractivity contribution in [1.29, 1.82) is 0 Å². The van der Waals surface area contributed by atoms with Crippen LogP contribution in [-0.2, 0) is 32.6 Å². The van der Waals surface area contributed by atoms with E-state index < -0.39 is 50.6 Å². The predicted octanol–water partition coefficient (Wildman–Crippen LogP) is 0.484. The minimum Gasteiger partial charge on any atom is -0.462 e. The van der Waals surface area contributed by atoms with Crippen molar-refractivity contribution in [3.8, 4) is 0 Å². The summed E-state index contributed by atoms with van der Waals surface area (Å²) in [5, 5.41) is 13.8. The van der Waals surface area contributed by atoms with Gasteiger partial charge in [-0.1, -0.05) is 0 Å². The molecule has 0 aromatic carbocycles. The number of anilines is 1. The monoisotopic (exact) mass is 486 g/mol. The molecule has 4 rings (SSSR count). The lowest BCUT2D eigenvalue weighted by Gasteiger charge is -2.32. The summed E-state index contributed by atoms with van der Waals surface area (Å²) in [5.74, 6) is -0.422. The second-order valence-corrected chi connectivity index (χ2v) is 10.1. The van der Waals surface area contributed by atoms with Gasteiger partial charge in [0.25, 0.3) is 0 Å². The molecule has 2 aromatic heterocycles. The Bertz CT molecular complexity index is 1080. The maximum absolute atomic E-state index is 13.1. The summed E-state index contributed by atoms with van der Waals surface area (Å²) >= 11 is 0. The summed E-state index contributed by atoms with van der Waals surface area (Å²) in [7, 11) is -3.95. The van der Waals surface area contributed by atoms with E-state index in [-0.39, 0.29) is 18.5 Å². The van der Waals surface area contributed by atoms with E-state index in [2.05, 4.69) is 20.0 Å². The van der Waals surface area contributed by atoms with Crippen molar-refractivity contribution in [2.75, 3.05) is 19.1 Å². The number of nitrogen functional groups attached to an aromatic ring is 1. The lowest BCUT2D eigenvalue weighted by atomic mass is 9.96. The average molecular weight is 486 g/mol. The number of imidazole rings is 1. The fraction of sp³-hybridized carbons (Fsp3) is 0.667. The van der Waals surface area contributed by atoms with E-state index in [4.69, 9.17) is 29.0 Å². The number of esters is 1. The van der Waals surface area contributed by atoms with E-state index in [0.717, 1.165) is 0 Å². The molecule has 2 aromatic rings. The zero-order chi connectivity index (χ0) is 24.0. The Balaban J connectivity index is 1.51. The molecule has 0 saturated carbocycles. The second-order valence-electron chi connectivity index (χ2n) is 8.30. The van der Waals surface area contributed by atoms with Crippen molar-refractivity contribution in [2.24, 2.45) is 0 Å². The molecule has 0 radical (unpaired) electrons. The fourth-order valence-electron chi connectivity index (χ4n) is 3.76. The summed E-state index contributed by atoms with van der Waals surface area (Å²) in [6, 6.07) is -0.962. The number of rotatable bonds is 5. The van der Waals surface area contributed by atoms with Gasteiger partial charge >= 0.3 is 13.7 Å². The molecule has 182 valence electrons. The first-order valence-corrected chi connectivity index (χ1v) is 11.9. The van der Waals surface area contributed by atoms with Crippen LogP contribution in [0.25, 0.3) is 11.2 Å².